The maximum atomic E-state index is 11.8. The Bertz CT molecular complexity index is 884. The van der Waals surface area contributed by atoms with Crippen LogP contribution in [0.1, 0.15) is 5.56 Å². The van der Waals surface area contributed by atoms with Gasteiger partial charge in [-0.15, -0.1) is 0 Å². The predicted molar refractivity (Wildman–Crippen MR) is 88.3 cm³/mol. The molecule has 3 rings (SSSR count). The molecule has 0 radical (unpaired) electrons. The second kappa shape index (κ2) is 6.27. The molecule has 5 nitrogen and oxygen atoms in total. The Morgan fingerprint density at radius 3 is 2.17 bits per heavy atom. The average Bonchev–Trinajstić information content (AvgIpc) is 2.58. The number of nitro groups is 1. The van der Waals surface area contributed by atoms with E-state index >= 15 is 0 Å². The number of nitrogens with zero attached hydrogens (tertiary/aromatic N) is 2. The van der Waals surface area contributed by atoms with Gasteiger partial charge in [0.25, 0.3) is 11.2 Å². The summed E-state index contributed by atoms with van der Waals surface area (Å²) in [6, 6.07) is 20.2. The molecule has 23 heavy (non-hydrogen) atoms. The van der Waals surface area contributed by atoms with Crippen molar-refractivity contribution in [1.29, 1.82) is 0 Å². The highest BCUT2D eigenvalue weighted by Gasteiger charge is 2.08. The Hall–Kier alpha value is -3.21. The Labute approximate surface area is 132 Å². The molecule has 5 heteroatoms. The molecule has 0 aliphatic heterocycles. The summed E-state index contributed by atoms with van der Waals surface area (Å²) in [6.45, 7) is 0.301. The number of hydrogen-bond donors (Lipinski definition) is 0. The summed E-state index contributed by atoms with van der Waals surface area (Å²) in [4.78, 5) is 22.1. The van der Waals surface area contributed by atoms with Gasteiger partial charge in [0.2, 0.25) is 0 Å². The van der Waals surface area contributed by atoms with E-state index in [1.807, 2.05) is 54.6 Å². The number of rotatable bonds is 4. The van der Waals surface area contributed by atoms with Crippen LogP contribution < -0.4 is 5.56 Å². The first-order chi connectivity index (χ1) is 11.1. The molecule has 0 aliphatic rings. The van der Waals surface area contributed by atoms with E-state index in [4.69, 9.17) is 0 Å². The van der Waals surface area contributed by atoms with E-state index in [9.17, 15) is 14.9 Å². The third kappa shape index (κ3) is 3.35. The lowest BCUT2D eigenvalue weighted by atomic mass is 10.0. The molecule has 1 heterocycles. The van der Waals surface area contributed by atoms with Crippen LogP contribution in [0.3, 0.4) is 0 Å². The van der Waals surface area contributed by atoms with Gasteiger partial charge in [0.15, 0.2) is 0 Å². The van der Waals surface area contributed by atoms with Gasteiger partial charge in [-0.05, 0) is 16.7 Å². The normalized spacial score (nSPS) is 10.4. The van der Waals surface area contributed by atoms with Crippen LogP contribution in [0, 0.1) is 10.1 Å². The van der Waals surface area contributed by atoms with Crippen molar-refractivity contribution in [2.75, 3.05) is 0 Å². The van der Waals surface area contributed by atoms with Gasteiger partial charge in [0.1, 0.15) is 0 Å². The quantitative estimate of drug-likeness (QED) is 0.547. The van der Waals surface area contributed by atoms with E-state index in [1.165, 1.54) is 22.9 Å². The second-order valence-electron chi connectivity index (χ2n) is 5.17. The average molecular weight is 306 g/mol. The fraction of sp³-hybridized carbons (Fsp3) is 0.0556. The van der Waals surface area contributed by atoms with Crippen molar-refractivity contribution >= 4 is 5.69 Å². The summed E-state index contributed by atoms with van der Waals surface area (Å²) >= 11 is 0. The van der Waals surface area contributed by atoms with E-state index in [2.05, 4.69) is 0 Å². The lowest BCUT2D eigenvalue weighted by Crippen LogP contribution is -2.19. The van der Waals surface area contributed by atoms with Crippen molar-refractivity contribution in [3.8, 4) is 11.1 Å². The monoisotopic (exact) mass is 306 g/mol. The van der Waals surface area contributed by atoms with E-state index in [-0.39, 0.29) is 11.2 Å². The third-order valence-corrected chi connectivity index (χ3v) is 3.59. The van der Waals surface area contributed by atoms with E-state index in [0.717, 1.165) is 16.7 Å². The summed E-state index contributed by atoms with van der Waals surface area (Å²) in [6.07, 6.45) is 1.27. The Morgan fingerprint density at radius 1 is 0.870 bits per heavy atom. The Kier molecular flexibility index (Phi) is 4.01. The van der Waals surface area contributed by atoms with Crippen LogP contribution in [0.15, 0.2) is 77.7 Å². The number of hydrogen-bond acceptors (Lipinski definition) is 3. The molecule has 0 fully saturated rings. The van der Waals surface area contributed by atoms with Crippen molar-refractivity contribution < 1.29 is 4.92 Å². The van der Waals surface area contributed by atoms with Crippen LogP contribution in [-0.2, 0) is 6.54 Å². The van der Waals surface area contributed by atoms with Crippen molar-refractivity contribution in [2.24, 2.45) is 0 Å². The highest BCUT2D eigenvalue weighted by molar-refractivity contribution is 5.63. The predicted octanol–water partition coefficient (Wildman–Crippen LogP) is 3.47. The van der Waals surface area contributed by atoms with Crippen molar-refractivity contribution in [3.05, 3.63) is 99.0 Å². The largest absolute Gasteiger partial charge is 0.304 e. The maximum absolute atomic E-state index is 11.8. The summed E-state index contributed by atoms with van der Waals surface area (Å²) in [5.41, 5.74) is 2.76. The number of pyridine rings is 1. The minimum absolute atomic E-state index is 0.0921. The van der Waals surface area contributed by atoms with Crippen LogP contribution in [0.25, 0.3) is 11.1 Å². The minimum Gasteiger partial charge on any atom is -0.304 e. The van der Waals surface area contributed by atoms with Crippen LogP contribution in [0.4, 0.5) is 5.69 Å². The zero-order chi connectivity index (χ0) is 16.2. The Morgan fingerprint density at radius 2 is 1.52 bits per heavy atom. The summed E-state index contributed by atoms with van der Waals surface area (Å²) in [5.74, 6) is 0. The second-order valence-corrected chi connectivity index (χ2v) is 5.17. The summed E-state index contributed by atoms with van der Waals surface area (Å²) in [7, 11) is 0. The van der Waals surface area contributed by atoms with Crippen LogP contribution in [0.5, 0.6) is 0 Å². The van der Waals surface area contributed by atoms with Gasteiger partial charge in [-0.3, -0.25) is 14.9 Å². The molecule has 3 aromatic rings. The molecule has 114 valence electrons. The lowest BCUT2D eigenvalue weighted by Gasteiger charge is -2.07. The van der Waals surface area contributed by atoms with Gasteiger partial charge in [0, 0.05) is 12.1 Å². The zero-order valence-corrected chi connectivity index (χ0v) is 12.3. The molecule has 0 amide bonds. The topological polar surface area (TPSA) is 65.1 Å². The van der Waals surface area contributed by atoms with Crippen molar-refractivity contribution in [1.82, 2.24) is 4.57 Å². The number of aromatic nitrogens is 1. The molecule has 1 aromatic heterocycles. The molecule has 0 atom stereocenters. The summed E-state index contributed by atoms with van der Waals surface area (Å²) in [5, 5.41) is 10.8. The molecule has 0 aliphatic carbocycles. The van der Waals surface area contributed by atoms with E-state index in [1.54, 1.807) is 0 Å². The molecule has 0 saturated heterocycles. The first-order valence-electron chi connectivity index (χ1n) is 7.13. The van der Waals surface area contributed by atoms with E-state index in [0.29, 0.717) is 6.54 Å². The van der Waals surface area contributed by atoms with E-state index < -0.39 is 4.92 Å². The first kappa shape index (κ1) is 14.7. The van der Waals surface area contributed by atoms with Crippen LogP contribution >= 0.6 is 0 Å². The molecule has 0 unspecified atom stereocenters. The van der Waals surface area contributed by atoms with Crippen molar-refractivity contribution in [3.63, 3.8) is 0 Å². The SMILES string of the molecule is O=c1ccc([N+](=O)[O-])cn1Cc1ccc(-c2ccccc2)cc1. The standard InChI is InChI=1S/C18H14N2O3/c21-18-11-10-17(20(22)23)13-19(18)12-14-6-8-16(9-7-14)15-4-2-1-3-5-15/h1-11,13H,12H2. The smallest absolute Gasteiger partial charge is 0.285 e. The minimum atomic E-state index is -0.506. The molecule has 0 saturated carbocycles. The molecule has 0 N–H and O–H groups in total. The van der Waals surface area contributed by atoms with Gasteiger partial charge >= 0.3 is 0 Å². The van der Waals surface area contributed by atoms with Crippen molar-refractivity contribution in [2.45, 2.75) is 6.54 Å². The summed E-state index contributed by atoms with van der Waals surface area (Å²) < 4.78 is 1.34. The van der Waals surface area contributed by atoms with Gasteiger partial charge in [-0.25, -0.2) is 0 Å². The first-order valence-corrected chi connectivity index (χ1v) is 7.13. The third-order valence-electron chi connectivity index (χ3n) is 3.59. The van der Waals surface area contributed by atoms with Gasteiger partial charge in [-0.1, -0.05) is 54.6 Å². The highest BCUT2D eigenvalue weighted by Crippen LogP contribution is 2.19. The number of benzene rings is 2. The van der Waals surface area contributed by atoms with Crippen LogP contribution in [0.2, 0.25) is 0 Å². The van der Waals surface area contributed by atoms with Crippen LogP contribution in [-0.4, -0.2) is 9.49 Å². The lowest BCUT2D eigenvalue weighted by molar-refractivity contribution is -0.385. The van der Waals surface area contributed by atoms with Gasteiger partial charge in [0.05, 0.1) is 17.7 Å². The molecular formula is C18H14N2O3. The maximum Gasteiger partial charge on any atom is 0.285 e. The molecule has 0 bridgehead atoms. The molecule has 2 aromatic carbocycles. The molecular weight excluding hydrogens is 292 g/mol. The van der Waals surface area contributed by atoms with Gasteiger partial charge in [-0.2, -0.15) is 0 Å². The Balaban J connectivity index is 1.85. The fourth-order valence-corrected chi connectivity index (χ4v) is 2.38. The highest BCUT2D eigenvalue weighted by atomic mass is 16.6. The fourth-order valence-electron chi connectivity index (χ4n) is 2.38. The zero-order valence-electron chi connectivity index (χ0n) is 12.3. The molecule has 0 spiro atoms. The van der Waals surface area contributed by atoms with Gasteiger partial charge < -0.3 is 4.57 Å².